The number of hydrogen-bond acceptors (Lipinski definition) is 4. The molecule has 0 aromatic carbocycles. The van der Waals surface area contributed by atoms with Gasteiger partial charge in [0.25, 0.3) is 0 Å². The lowest BCUT2D eigenvalue weighted by Gasteiger charge is -2.08. The first-order chi connectivity index (χ1) is 8.09. The molecule has 1 rings (SSSR count). The molecule has 0 aliphatic carbocycles. The van der Waals surface area contributed by atoms with E-state index in [-0.39, 0.29) is 21.6 Å². The van der Waals surface area contributed by atoms with Gasteiger partial charge in [0.2, 0.25) is 10.0 Å². The molecule has 102 valence electrons. The topological polar surface area (TPSA) is 73.1 Å². The molecule has 4 nitrogen and oxygen atoms in total. The Kier molecular flexibility index (Phi) is 4.87. The van der Waals surface area contributed by atoms with Crippen LogP contribution in [0.2, 0.25) is 5.02 Å². The summed E-state index contributed by atoms with van der Waals surface area (Å²) in [5, 5.41) is 4.73. The predicted octanol–water partition coefficient (Wildman–Crippen LogP) is 2.13. The number of sulfonamides is 1. The number of alkyl halides is 3. The molecule has 0 bridgehead atoms. The largest absolute Gasteiger partial charge is 0.417 e. The van der Waals surface area contributed by atoms with Gasteiger partial charge in [-0.3, -0.25) is 0 Å². The molecule has 1 aromatic heterocycles. The van der Waals surface area contributed by atoms with Crippen LogP contribution in [-0.2, 0) is 16.2 Å². The summed E-state index contributed by atoms with van der Waals surface area (Å²) < 4.78 is 58.2. The maximum absolute atomic E-state index is 12.3. The quantitative estimate of drug-likeness (QED) is 0.863. The summed E-state index contributed by atoms with van der Waals surface area (Å²) in [6.45, 7) is 0. The number of rotatable bonds is 4. The molecule has 1 aromatic rings. The molecule has 1 heterocycles. The smallest absolute Gasteiger partial charge is 0.248 e. The van der Waals surface area contributed by atoms with E-state index in [2.05, 4.69) is 4.98 Å². The van der Waals surface area contributed by atoms with E-state index >= 15 is 0 Å². The molecule has 0 saturated carbocycles. The van der Waals surface area contributed by atoms with Crippen LogP contribution in [0.3, 0.4) is 0 Å². The number of halogens is 4. The van der Waals surface area contributed by atoms with E-state index in [1.165, 1.54) is 0 Å². The zero-order chi connectivity index (χ0) is 14.0. The number of thioether (sulfide) groups is 1. The van der Waals surface area contributed by atoms with Crippen molar-refractivity contribution in [2.45, 2.75) is 11.2 Å². The SMILES string of the molecule is NS(=O)(=O)CCSc1ncc(C(F)(F)F)cc1Cl. The van der Waals surface area contributed by atoms with Gasteiger partial charge in [-0.25, -0.2) is 18.5 Å². The number of aromatic nitrogens is 1. The van der Waals surface area contributed by atoms with Gasteiger partial charge in [-0.05, 0) is 6.07 Å². The molecule has 0 atom stereocenters. The minimum Gasteiger partial charge on any atom is -0.248 e. The average molecular weight is 321 g/mol. The molecule has 0 saturated heterocycles. The van der Waals surface area contributed by atoms with Crippen LogP contribution in [0.1, 0.15) is 5.56 Å². The van der Waals surface area contributed by atoms with Crippen LogP contribution in [0.25, 0.3) is 0 Å². The Morgan fingerprint density at radius 2 is 2.06 bits per heavy atom. The Labute approximate surface area is 111 Å². The van der Waals surface area contributed by atoms with Crippen LogP contribution >= 0.6 is 23.4 Å². The molecule has 0 aliphatic heterocycles. The summed E-state index contributed by atoms with van der Waals surface area (Å²) in [5.74, 6) is -0.242. The van der Waals surface area contributed by atoms with Gasteiger partial charge in [0.15, 0.2) is 0 Å². The summed E-state index contributed by atoms with van der Waals surface area (Å²) in [6.07, 6.45) is -3.87. The van der Waals surface area contributed by atoms with E-state index in [1.54, 1.807) is 0 Å². The van der Waals surface area contributed by atoms with Crippen molar-refractivity contribution in [3.05, 3.63) is 22.8 Å². The van der Waals surface area contributed by atoms with Crippen LogP contribution in [0.15, 0.2) is 17.3 Å². The zero-order valence-corrected chi connectivity index (χ0v) is 11.1. The van der Waals surface area contributed by atoms with Gasteiger partial charge < -0.3 is 0 Å². The third-order valence-corrected chi connectivity index (χ3v) is 4.18. The highest BCUT2D eigenvalue weighted by molar-refractivity contribution is 8.00. The Balaban J connectivity index is 2.75. The van der Waals surface area contributed by atoms with Crippen molar-refractivity contribution in [1.82, 2.24) is 4.98 Å². The number of nitrogens with zero attached hydrogens (tertiary/aromatic N) is 1. The fraction of sp³-hybridized carbons (Fsp3) is 0.375. The highest BCUT2D eigenvalue weighted by atomic mass is 35.5. The molecule has 0 amide bonds. The first-order valence-electron chi connectivity index (χ1n) is 4.45. The van der Waals surface area contributed by atoms with Gasteiger partial charge in [0.05, 0.1) is 16.3 Å². The highest BCUT2D eigenvalue weighted by Crippen LogP contribution is 2.33. The van der Waals surface area contributed by atoms with Crippen LogP contribution in [-0.4, -0.2) is 24.9 Å². The number of hydrogen-bond donors (Lipinski definition) is 1. The Hall–Kier alpha value is -0.510. The van der Waals surface area contributed by atoms with Crippen molar-refractivity contribution in [1.29, 1.82) is 0 Å². The molecule has 0 spiro atoms. The average Bonchev–Trinajstić information content (AvgIpc) is 2.17. The van der Waals surface area contributed by atoms with E-state index in [4.69, 9.17) is 16.7 Å². The van der Waals surface area contributed by atoms with E-state index in [9.17, 15) is 21.6 Å². The van der Waals surface area contributed by atoms with Crippen LogP contribution < -0.4 is 5.14 Å². The monoisotopic (exact) mass is 320 g/mol. The van der Waals surface area contributed by atoms with Gasteiger partial charge in [-0.1, -0.05) is 11.6 Å². The normalized spacial score (nSPS) is 12.7. The molecular weight excluding hydrogens is 313 g/mol. The second-order valence-electron chi connectivity index (χ2n) is 3.22. The summed E-state index contributed by atoms with van der Waals surface area (Å²) in [6, 6.07) is 0.744. The van der Waals surface area contributed by atoms with Crippen LogP contribution in [0, 0.1) is 0 Å². The number of nitrogens with two attached hydrogens (primary N) is 1. The van der Waals surface area contributed by atoms with Crippen molar-refractivity contribution in [3.63, 3.8) is 0 Å². The number of pyridine rings is 1. The molecule has 10 heteroatoms. The second-order valence-corrected chi connectivity index (χ2v) is 6.45. The van der Waals surface area contributed by atoms with Crippen molar-refractivity contribution in [3.8, 4) is 0 Å². The lowest BCUT2D eigenvalue weighted by Crippen LogP contribution is -2.17. The van der Waals surface area contributed by atoms with Crippen LogP contribution in [0.4, 0.5) is 13.2 Å². The molecular formula is C8H8ClF3N2O2S2. The minimum absolute atomic E-state index is 0.0664. The molecule has 18 heavy (non-hydrogen) atoms. The molecule has 2 N–H and O–H groups in total. The predicted molar refractivity (Wildman–Crippen MR) is 62.9 cm³/mol. The zero-order valence-electron chi connectivity index (χ0n) is 8.74. The van der Waals surface area contributed by atoms with Gasteiger partial charge >= 0.3 is 6.18 Å². The maximum Gasteiger partial charge on any atom is 0.417 e. The lowest BCUT2D eigenvalue weighted by molar-refractivity contribution is -0.137. The summed E-state index contributed by atoms with van der Waals surface area (Å²) in [5.41, 5.74) is -0.955. The van der Waals surface area contributed by atoms with E-state index in [0.717, 1.165) is 17.8 Å². The fourth-order valence-corrected chi connectivity index (χ4v) is 3.05. The van der Waals surface area contributed by atoms with Crippen molar-refractivity contribution in [2.75, 3.05) is 11.5 Å². The Morgan fingerprint density at radius 3 is 2.50 bits per heavy atom. The summed E-state index contributed by atoms with van der Waals surface area (Å²) in [4.78, 5) is 3.54. The minimum atomic E-state index is -4.51. The third kappa shape index (κ3) is 5.01. The maximum atomic E-state index is 12.3. The van der Waals surface area contributed by atoms with Crippen molar-refractivity contribution < 1.29 is 21.6 Å². The van der Waals surface area contributed by atoms with Gasteiger partial charge in [0, 0.05) is 11.9 Å². The first-order valence-corrected chi connectivity index (χ1v) is 7.53. The van der Waals surface area contributed by atoms with Gasteiger partial charge in [0.1, 0.15) is 5.03 Å². The third-order valence-electron chi connectivity index (χ3n) is 1.74. The Morgan fingerprint density at radius 1 is 1.44 bits per heavy atom. The molecule has 0 unspecified atom stereocenters. The first kappa shape index (κ1) is 15.5. The van der Waals surface area contributed by atoms with Crippen LogP contribution in [0.5, 0.6) is 0 Å². The van der Waals surface area contributed by atoms with Gasteiger partial charge in [-0.2, -0.15) is 13.2 Å². The van der Waals surface area contributed by atoms with E-state index in [0.29, 0.717) is 6.20 Å². The van der Waals surface area contributed by atoms with E-state index in [1.807, 2.05) is 0 Å². The van der Waals surface area contributed by atoms with E-state index < -0.39 is 21.8 Å². The molecule has 0 fully saturated rings. The summed E-state index contributed by atoms with van der Waals surface area (Å²) >= 11 is 6.55. The fourth-order valence-electron chi connectivity index (χ4n) is 0.941. The standard InChI is InChI=1S/C8H8ClF3N2O2S2/c9-6-3-5(8(10,11)12)4-14-7(6)17-1-2-18(13,15)16/h3-4H,1-2H2,(H2,13,15,16). The number of primary sulfonamides is 1. The van der Waals surface area contributed by atoms with Crippen molar-refractivity contribution in [2.24, 2.45) is 5.14 Å². The highest BCUT2D eigenvalue weighted by Gasteiger charge is 2.31. The van der Waals surface area contributed by atoms with Gasteiger partial charge in [-0.15, -0.1) is 11.8 Å². The lowest BCUT2D eigenvalue weighted by atomic mass is 10.3. The Bertz CT molecular complexity index is 534. The molecule has 0 aliphatic rings. The molecule has 0 radical (unpaired) electrons. The van der Waals surface area contributed by atoms with Crippen molar-refractivity contribution >= 4 is 33.4 Å². The summed E-state index contributed by atoms with van der Waals surface area (Å²) in [7, 11) is -3.61. The second kappa shape index (κ2) is 5.64.